The minimum atomic E-state index is -0.736. The maximum atomic E-state index is 11.5. The summed E-state index contributed by atoms with van der Waals surface area (Å²) in [4.78, 5) is 23.6. The lowest BCUT2D eigenvalue weighted by Crippen LogP contribution is -2.34. The summed E-state index contributed by atoms with van der Waals surface area (Å²) in [5.41, 5.74) is -0.511. The normalized spacial score (nSPS) is 11.2. The van der Waals surface area contributed by atoms with Crippen molar-refractivity contribution < 1.29 is 23.8 Å². The lowest BCUT2D eigenvalue weighted by molar-refractivity contribution is 0.0317. The quantitative estimate of drug-likeness (QED) is 0.572. The Morgan fingerprint density at radius 2 is 1.83 bits per heavy atom. The van der Waals surface area contributed by atoms with E-state index in [-0.39, 0.29) is 6.61 Å². The monoisotopic (exact) mass is 259 g/mol. The van der Waals surface area contributed by atoms with Crippen LogP contribution < -0.4 is 0 Å². The van der Waals surface area contributed by atoms with E-state index in [4.69, 9.17) is 4.74 Å². The molecular weight excluding hydrogens is 238 g/mol. The summed E-state index contributed by atoms with van der Waals surface area (Å²) in [6, 6.07) is 0. The maximum absolute atomic E-state index is 11.5. The summed E-state index contributed by atoms with van der Waals surface area (Å²) in [5, 5.41) is 0. The predicted molar refractivity (Wildman–Crippen MR) is 66.4 cm³/mol. The second-order valence-electron chi connectivity index (χ2n) is 4.60. The van der Waals surface area contributed by atoms with Crippen molar-refractivity contribution in [2.24, 2.45) is 0 Å². The van der Waals surface area contributed by atoms with E-state index in [1.165, 1.54) is 12.0 Å². The zero-order valence-electron chi connectivity index (χ0n) is 11.6. The number of nitrogens with zero attached hydrogens (tertiary/aromatic N) is 1. The molecule has 0 aromatic carbocycles. The maximum Gasteiger partial charge on any atom is 0.508 e. The number of hydrogen-bond donors (Lipinski definition) is 0. The third-order valence-corrected chi connectivity index (χ3v) is 1.72. The molecule has 18 heavy (non-hydrogen) atoms. The van der Waals surface area contributed by atoms with Crippen molar-refractivity contribution >= 4 is 12.2 Å². The highest BCUT2D eigenvalue weighted by Gasteiger charge is 2.18. The van der Waals surface area contributed by atoms with E-state index in [0.29, 0.717) is 6.54 Å². The molecule has 0 aliphatic rings. The van der Waals surface area contributed by atoms with E-state index >= 15 is 0 Å². The molecule has 0 saturated carbocycles. The SMILES string of the molecule is COC(=O)OC/C=C/CN(C)C(=O)OC(C)(C)C. The van der Waals surface area contributed by atoms with Crippen molar-refractivity contribution in [3.05, 3.63) is 12.2 Å². The first kappa shape index (κ1) is 16.3. The van der Waals surface area contributed by atoms with Gasteiger partial charge in [0.15, 0.2) is 0 Å². The van der Waals surface area contributed by atoms with E-state index < -0.39 is 17.8 Å². The fraction of sp³-hybridized carbons (Fsp3) is 0.667. The van der Waals surface area contributed by atoms with Gasteiger partial charge >= 0.3 is 12.2 Å². The van der Waals surface area contributed by atoms with Crippen LogP contribution in [0.1, 0.15) is 20.8 Å². The smallest absolute Gasteiger partial charge is 0.444 e. The number of ether oxygens (including phenoxy) is 3. The van der Waals surface area contributed by atoms with Crippen molar-refractivity contribution in [1.29, 1.82) is 0 Å². The van der Waals surface area contributed by atoms with Crippen molar-refractivity contribution in [2.45, 2.75) is 26.4 Å². The van der Waals surface area contributed by atoms with E-state index in [9.17, 15) is 9.59 Å². The Balaban J connectivity index is 3.88. The molecule has 104 valence electrons. The van der Waals surface area contributed by atoms with Crippen LogP contribution in [0, 0.1) is 0 Å². The average Bonchev–Trinajstić information content (AvgIpc) is 2.25. The zero-order valence-corrected chi connectivity index (χ0v) is 11.6. The largest absolute Gasteiger partial charge is 0.508 e. The molecule has 0 N–H and O–H groups in total. The molecule has 0 spiro atoms. The molecule has 0 aliphatic heterocycles. The van der Waals surface area contributed by atoms with E-state index in [2.05, 4.69) is 9.47 Å². The highest BCUT2D eigenvalue weighted by atomic mass is 16.7. The molecule has 0 heterocycles. The molecule has 0 bridgehead atoms. The molecule has 0 radical (unpaired) electrons. The Bertz CT molecular complexity index is 306. The van der Waals surface area contributed by atoms with Gasteiger partial charge in [-0.15, -0.1) is 0 Å². The predicted octanol–water partition coefficient (Wildman–Crippen LogP) is 2.19. The molecule has 0 rings (SSSR count). The molecule has 0 unspecified atom stereocenters. The number of rotatable bonds is 4. The lowest BCUT2D eigenvalue weighted by Gasteiger charge is -2.23. The lowest BCUT2D eigenvalue weighted by atomic mass is 10.2. The van der Waals surface area contributed by atoms with Crippen LogP contribution in [-0.2, 0) is 14.2 Å². The number of methoxy groups -OCH3 is 1. The van der Waals surface area contributed by atoms with Crippen LogP contribution in [-0.4, -0.2) is 50.1 Å². The number of amides is 1. The van der Waals surface area contributed by atoms with Gasteiger partial charge in [0.05, 0.1) is 7.11 Å². The molecule has 0 aromatic heterocycles. The minimum Gasteiger partial charge on any atom is -0.444 e. The Morgan fingerprint density at radius 3 is 2.33 bits per heavy atom. The topological polar surface area (TPSA) is 65.1 Å². The van der Waals surface area contributed by atoms with Crippen LogP contribution in [0.3, 0.4) is 0 Å². The second kappa shape index (κ2) is 7.58. The average molecular weight is 259 g/mol. The van der Waals surface area contributed by atoms with E-state index in [0.717, 1.165) is 0 Å². The van der Waals surface area contributed by atoms with Gasteiger partial charge < -0.3 is 19.1 Å². The van der Waals surface area contributed by atoms with Crippen molar-refractivity contribution in [3.63, 3.8) is 0 Å². The molecule has 0 fully saturated rings. The van der Waals surface area contributed by atoms with Gasteiger partial charge in [0.2, 0.25) is 0 Å². The Labute approximate surface area is 107 Å². The van der Waals surface area contributed by atoms with Crippen LogP contribution in [0.15, 0.2) is 12.2 Å². The third-order valence-electron chi connectivity index (χ3n) is 1.72. The first-order valence-electron chi connectivity index (χ1n) is 5.56. The van der Waals surface area contributed by atoms with E-state index in [1.54, 1.807) is 40.0 Å². The molecule has 0 aliphatic carbocycles. The van der Waals surface area contributed by atoms with Crippen molar-refractivity contribution in [3.8, 4) is 0 Å². The first-order chi connectivity index (χ1) is 8.26. The first-order valence-corrected chi connectivity index (χ1v) is 5.56. The number of hydrogen-bond acceptors (Lipinski definition) is 5. The summed E-state index contributed by atoms with van der Waals surface area (Å²) < 4.78 is 14.1. The Morgan fingerprint density at radius 1 is 1.22 bits per heavy atom. The van der Waals surface area contributed by atoms with Gasteiger partial charge in [0.1, 0.15) is 12.2 Å². The number of likely N-dealkylation sites (N-methyl/N-ethyl adjacent to an activating group) is 1. The highest BCUT2D eigenvalue weighted by molar-refractivity contribution is 5.67. The van der Waals surface area contributed by atoms with Crippen LogP contribution in [0.5, 0.6) is 0 Å². The van der Waals surface area contributed by atoms with E-state index in [1.807, 2.05) is 0 Å². The highest BCUT2D eigenvalue weighted by Crippen LogP contribution is 2.08. The molecule has 0 saturated heterocycles. The summed E-state index contributed by atoms with van der Waals surface area (Å²) in [7, 11) is 2.86. The summed E-state index contributed by atoms with van der Waals surface area (Å²) in [6.07, 6.45) is 2.19. The van der Waals surface area contributed by atoms with Gasteiger partial charge in [0.25, 0.3) is 0 Å². The van der Waals surface area contributed by atoms with Crippen LogP contribution >= 0.6 is 0 Å². The van der Waals surface area contributed by atoms with Gasteiger partial charge in [0, 0.05) is 13.6 Å². The van der Waals surface area contributed by atoms with Crippen molar-refractivity contribution in [1.82, 2.24) is 4.90 Å². The van der Waals surface area contributed by atoms with Gasteiger partial charge in [-0.2, -0.15) is 0 Å². The molecule has 0 aromatic rings. The zero-order chi connectivity index (χ0) is 14.2. The number of carbonyl (C=O) groups excluding carboxylic acids is 2. The molecular formula is C12H21NO5. The van der Waals surface area contributed by atoms with Gasteiger partial charge in [-0.3, -0.25) is 0 Å². The minimum absolute atomic E-state index is 0.106. The van der Waals surface area contributed by atoms with Gasteiger partial charge in [-0.1, -0.05) is 6.08 Å². The second-order valence-corrected chi connectivity index (χ2v) is 4.60. The molecule has 0 atom stereocenters. The van der Waals surface area contributed by atoms with Gasteiger partial charge in [-0.25, -0.2) is 9.59 Å². The fourth-order valence-corrected chi connectivity index (χ4v) is 0.890. The summed E-state index contributed by atoms with van der Waals surface area (Å²) in [6.45, 7) is 5.89. The molecule has 1 amide bonds. The summed E-state index contributed by atoms with van der Waals surface area (Å²) in [5.74, 6) is 0. The van der Waals surface area contributed by atoms with Gasteiger partial charge in [-0.05, 0) is 26.8 Å². The van der Waals surface area contributed by atoms with Crippen molar-refractivity contribution in [2.75, 3.05) is 27.3 Å². The molecule has 6 nitrogen and oxygen atoms in total. The number of carbonyl (C=O) groups is 2. The summed E-state index contributed by atoms with van der Waals surface area (Å²) >= 11 is 0. The van der Waals surface area contributed by atoms with Crippen LogP contribution in [0.25, 0.3) is 0 Å². The third kappa shape index (κ3) is 8.43. The standard InChI is InChI=1S/C12H21NO5/c1-12(2,3)18-10(14)13(4)8-6-7-9-17-11(15)16-5/h6-7H,8-9H2,1-5H3/b7-6+. The Hall–Kier alpha value is -1.72. The Kier molecular flexibility index (Phi) is 6.85. The van der Waals surface area contributed by atoms with Crippen LogP contribution in [0.4, 0.5) is 9.59 Å². The fourth-order valence-electron chi connectivity index (χ4n) is 0.890. The molecule has 6 heteroatoms. The van der Waals surface area contributed by atoms with Crippen LogP contribution in [0.2, 0.25) is 0 Å².